The molecule has 0 radical (unpaired) electrons. The molecule has 0 aromatic carbocycles. The molecular weight excluding hydrogens is 260 g/mol. The van der Waals surface area contributed by atoms with Crippen LogP contribution in [0, 0.1) is 5.92 Å². The first-order valence-corrected chi connectivity index (χ1v) is 9.05. The normalized spacial score (nSPS) is 21.5. The van der Waals surface area contributed by atoms with Crippen LogP contribution >= 0.6 is 0 Å². The molecule has 2 heterocycles. The Balaban J connectivity index is 1.44. The Morgan fingerprint density at radius 1 is 1.05 bits per heavy atom. The van der Waals surface area contributed by atoms with Crippen LogP contribution in [0.5, 0.6) is 0 Å². The van der Waals surface area contributed by atoms with Gasteiger partial charge in [0.15, 0.2) is 5.82 Å². The maximum absolute atomic E-state index is 4.49. The second-order valence-electron chi connectivity index (χ2n) is 6.77. The van der Waals surface area contributed by atoms with Crippen molar-refractivity contribution < 1.29 is 0 Å². The zero-order valence-corrected chi connectivity index (χ0v) is 13.5. The van der Waals surface area contributed by atoms with Gasteiger partial charge in [-0.05, 0) is 25.2 Å². The second kappa shape index (κ2) is 7.39. The van der Waals surface area contributed by atoms with E-state index in [4.69, 9.17) is 0 Å². The standard InChI is InChI=1S/C17H30N4/c1-2-3-4-5-6-7-8-9-15-19-20-17-16(14-10-11-14)18-12-13-21(15)17/h14,16,18H,2-13H2,1H3. The van der Waals surface area contributed by atoms with Crippen LogP contribution in [-0.2, 0) is 13.0 Å². The Morgan fingerprint density at radius 2 is 1.81 bits per heavy atom. The first-order valence-electron chi connectivity index (χ1n) is 9.05. The van der Waals surface area contributed by atoms with Crippen LogP contribution in [0.15, 0.2) is 0 Å². The lowest BCUT2D eigenvalue weighted by Gasteiger charge is -2.25. The number of unbranched alkanes of at least 4 members (excludes halogenated alkanes) is 6. The van der Waals surface area contributed by atoms with Crippen molar-refractivity contribution in [1.82, 2.24) is 20.1 Å². The third-order valence-corrected chi connectivity index (χ3v) is 4.93. The molecule has 21 heavy (non-hydrogen) atoms. The summed E-state index contributed by atoms with van der Waals surface area (Å²) in [6.45, 7) is 4.41. The number of hydrogen-bond donors (Lipinski definition) is 1. The third kappa shape index (κ3) is 3.85. The molecule has 118 valence electrons. The molecule has 0 bridgehead atoms. The van der Waals surface area contributed by atoms with Crippen molar-refractivity contribution in [3.05, 3.63) is 11.6 Å². The Morgan fingerprint density at radius 3 is 2.57 bits per heavy atom. The minimum Gasteiger partial charge on any atom is -0.312 e. The van der Waals surface area contributed by atoms with E-state index in [1.54, 1.807) is 0 Å². The van der Waals surface area contributed by atoms with Crippen molar-refractivity contribution in [2.24, 2.45) is 5.92 Å². The molecule has 1 saturated carbocycles. The summed E-state index contributed by atoms with van der Waals surface area (Å²) < 4.78 is 2.40. The van der Waals surface area contributed by atoms with E-state index in [1.165, 1.54) is 69.4 Å². The monoisotopic (exact) mass is 290 g/mol. The van der Waals surface area contributed by atoms with Gasteiger partial charge in [0.25, 0.3) is 0 Å². The lowest BCUT2D eigenvalue weighted by Crippen LogP contribution is -2.35. The molecule has 0 amide bonds. The van der Waals surface area contributed by atoms with Crippen molar-refractivity contribution in [3.8, 4) is 0 Å². The Kier molecular flexibility index (Phi) is 5.28. The predicted octanol–water partition coefficient (Wildman–Crippen LogP) is 3.63. The number of aromatic nitrogens is 3. The highest BCUT2D eigenvalue weighted by Crippen LogP contribution is 2.41. The van der Waals surface area contributed by atoms with E-state index in [0.717, 1.165) is 25.4 Å². The van der Waals surface area contributed by atoms with Gasteiger partial charge in [-0.25, -0.2) is 0 Å². The van der Waals surface area contributed by atoms with Crippen LogP contribution in [0.3, 0.4) is 0 Å². The van der Waals surface area contributed by atoms with Crippen molar-refractivity contribution in [3.63, 3.8) is 0 Å². The smallest absolute Gasteiger partial charge is 0.150 e. The topological polar surface area (TPSA) is 42.7 Å². The van der Waals surface area contributed by atoms with Gasteiger partial charge < -0.3 is 9.88 Å². The van der Waals surface area contributed by atoms with Crippen LogP contribution in [0.4, 0.5) is 0 Å². The van der Waals surface area contributed by atoms with Gasteiger partial charge in [0.1, 0.15) is 5.82 Å². The van der Waals surface area contributed by atoms with Crippen LogP contribution < -0.4 is 5.32 Å². The summed E-state index contributed by atoms with van der Waals surface area (Å²) in [5, 5.41) is 12.6. The molecule has 4 heteroatoms. The highest BCUT2D eigenvalue weighted by molar-refractivity contribution is 5.08. The summed E-state index contributed by atoms with van der Waals surface area (Å²) in [6.07, 6.45) is 13.4. The van der Waals surface area contributed by atoms with Gasteiger partial charge >= 0.3 is 0 Å². The van der Waals surface area contributed by atoms with Gasteiger partial charge in [-0.1, -0.05) is 45.4 Å². The van der Waals surface area contributed by atoms with E-state index in [-0.39, 0.29) is 0 Å². The maximum Gasteiger partial charge on any atom is 0.150 e. The molecule has 1 aliphatic heterocycles. The summed E-state index contributed by atoms with van der Waals surface area (Å²) in [5.41, 5.74) is 0. The zero-order valence-electron chi connectivity index (χ0n) is 13.5. The van der Waals surface area contributed by atoms with Gasteiger partial charge in [0, 0.05) is 19.5 Å². The van der Waals surface area contributed by atoms with Crippen molar-refractivity contribution >= 4 is 0 Å². The fourth-order valence-electron chi connectivity index (χ4n) is 3.48. The summed E-state index contributed by atoms with van der Waals surface area (Å²) in [5.74, 6) is 3.26. The Labute approximate surface area is 128 Å². The molecule has 1 aromatic rings. The molecule has 1 fully saturated rings. The van der Waals surface area contributed by atoms with E-state index >= 15 is 0 Å². The number of fused-ring (bicyclic) bond motifs is 1. The molecule has 1 aromatic heterocycles. The largest absolute Gasteiger partial charge is 0.312 e. The fourth-order valence-corrected chi connectivity index (χ4v) is 3.48. The van der Waals surface area contributed by atoms with Gasteiger partial charge in [0.05, 0.1) is 6.04 Å². The molecule has 3 rings (SSSR count). The third-order valence-electron chi connectivity index (χ3n) is 4.93. The second-order valence-corrected chi connectivity index (χ2v) is 6.77. The zero-order chi connectivity index (χ0) is 14.5. The summed E-state index contributed by atoms with van der Waals surface area (Å²) >= 11 is 0. The molecule has 4 nitrogen and oxygen atoms in total. The average Bonchev–Trinajstić information content (AvgIpc) is 3.27. The summed E-state index contributed by atoms with van der Waals surface area (Å²) in [6, 6.07) is 0.481. The van der Waals surface area contributed by atoms with Gasteiger partial charge in [0.2, 0.25) is 0 Å². The number of aryl methyl sites for hydroxylation is 1. The van der Waals surface area contributed by atoms with E-state index < -0.39 is 0 Å². The molecule has 1 aliphatic carbocycles. The first-order chi connectivity index (χ1) is 10.4. The highest BCUT2D eigenvalue weighted by Gasteiger charge is 2.37. The van der Waals surface area contributed by atoms with Crippen molar-refractivity contribution in [2.45, 2.75) is 83.7 Å². The number of nitrogens with one attached hydrogen (secondary N) is 1. The van der Waals surface area contributed by atoms with Gasteiger partial charge in [-0.3, -0.25) is 0 Å². The predicted molar refractivity (Wildman–Crippen MR) is 85.2 cm³/mol. The van der Waals surface area contributed by atoms with E-state index in [1.807, 2.05) is 0 Å². The van der Waals surface area contributed by atoms with Crippen LogP contribution in [-0.4, -0.2) is 21.3 Å². The summed E-state index contributed by atoms with van der Waals surface area (Å²) in [4.78, 5) is 0. The average molecular weight is 290 g/mol. The maximum atomic E-state index is 4.49. The fraction of sp³-hybridized carbons (Fsp3) is 0.882. The van der Waals surface area contributed by atoms with E-state index in [0.29, 0.717) is 6.04 Å². The quantitative estimate of drug-likeness (QED) is 0.706. The molecule has 1 atom stereocenters. The first kappa shape index (κ1) is 15.0. The SMILES string of the molecule is CCCCCCCCCc1nnc2n1CCNC2C1CC1. The molecule has 2 aliphatic rings. The molecule has 1 N–H and O–H groups in total. The number of hydrogen-bond acceptors (Lipinski definition) is 3. The molecule has 0 saturated heterocycles. The van der Waals surface area contributed by atoms with Gasteiger partial charge in [-0.2, -0.15) is 0 Å². The van der Waals surface area contributed by atoms with Crippen molar-refractivity contribution in [2.75, 3.05) is 6.54 Å². The van der Waals surface area contributed by atoms with E-state index in [2.05, 4.69) is 27.0 Å². The van der Waals surface area contributed by atoms with Crippen LogP contribution in [0.25, 0.3) is 0 Å². The molecule has 1 unspecified atom stereocenters. The van der Waals surface area contributed by atoms with E-state index in [9.17, 15) is 0 Å². The van der Waals surface area contributed by atoms with Crippen LogP contribution in [0.1, 0.15) is 82.4 Å². The van der Waals surface area contributed by atoms with Gasteiger partial charge in [-0.15, -0.1) is 10.2 Å². The van der Waals surface area contributed by atoms with Crippen molar-refractivity contribution in [1.29, 1.82) is 0 Å². The minimum atomic E-state index is 0.481. The lowest BCUT2D eigenvalue weighted by atomic mass is 10.1. The Bertz CT molecular complexity index is 436. The molecular formula is C17H30N4. The molecule has 0 spiro atoms. The van der Waals surface area contributed by atoms with Crippen LogP contribution in [0.2, 0.25) is 0 Å². The summed E-state index contributed by atoms with van der Waals surface area (Å²) in [7, 11) is 0. The minimum absolute atomic E-state index is 0.481. The lowest BCUT2D eigenvalue weighted by molar-refractivity contribution is 0.376. The number of rotatable bonds is 9. The Hall–Kier alpha value is -0.900. The highest BCUT2D eigenvalue weighted by atomic mass is 15.3. The number of nitrogens with zero attached hydrogens (tertiary/aromatic N) is 3.